The van der Waals surface area contributed by atoms with Gasteiger partial charge in [0.1, 0.15) is 17.3 Å². The zero-order valence-corrected chi connectivity index (χ0v) is 23.1. The maximum absolute atomic E-state index is 13.6. The number of aliphatic hydroxyl groups excluding tert-OH is 1. The maximum atomic E-state index is 13.6. The van der Waals surface area contributed by atoms with Crippen molar-refractivity contribution < 1.29 is 28.6 Å². The molecule has 1 aliphatic heterocycles. The van der Waals surface area contributed by atoms with E-state index in [1.54, 1.807) is 31.2 Å². The SMILES string of the molecule is CCOc1ccc2nc(N3C(=O)C(O)=C(C(=O)c4ccc(C)o4)C3c3cccc(OCCC(C)C)c3)sc2c1. The van der Waals surface area contributed by atoms with Crippen molar-refractivity contribution in [3.8, 4) is 11.5 Å². The number of amides is 1. The van der Waals surface area contributed by atoms with Gasteiger partial charge in [-0.25, -0.2) is 4.98 Å². The van der Waals surface area contributed by atoms with Crippen LogP contribution in [-0.2, 0) is 4.79 Å². The Balaban J connectivity index is 1.59. The van der Waals surface area contributed by atoms with Crippen LogP contribution in [0.15, 0.2) is 70.3 Å². The van der Waals surface area contributed by atoms with Crippen molar-refractivity contribution in [1.29, 1.82) is 0 Å². The van der Waals surface area contributed by atoms with Crippen molar-refractivity contribution in [1.82, 2.24) is 4.98 Å². The maximum Gasteiger partial charge on any atom is 0.296 e. The highest BCUT2D eigenvalue weighted by Gasteiger charge is 2.46. The lowest BCUT2D eigenvalue weighted by Gasteiger charge is -2.24. The predicted molar refractivity (Wildman–Crippen MR) is 150 cm³/mol. The number of ether oxygens (including phenoxy) is 2. The number of hydrogen-bond donors (Lipinski definition) is 1. The van der Waals surface area contributed by atoms with E-state index in [-0.39, 0.29) is 11.3 Å². The second-order valence-corrected chi connectivity index (χ2v) is 10.8. The third-order valence-electron chi connectivity index (χ3n) is 6.42. The number of aliphatic hydroxyl groups is 1. The van der Waals surface area contributed by atoms with Crippen LogP contribution in [0.3, 0.4) is 0 Å². The van der Waals surface area contributed by atoms with E-state index in [1.807, 2.05) is 37.3 Å². The molecule has 0 bridgehead atoms. The van der Waals surface area contributed by atoms with Crippen molar-refractivity contribution in [2.75, 3.05) is 18.1 Å². The van der Waals surface area contributed by atoms with E-state index in [0.717, 1.165) is 11.1 Å². The van der Waals surface area contributed by atoms with E-state index in [0.29, 0.717) is 52.6 Å². The summed E-state index contributed by atoms with van der Waals surface area (Å²) in [7, 11) is 0. The Morgan fingerprint density at radius 2 is 1.92 bits per heavy atom. The fraction of sp³-hybridized carbons (Fsp3) is 0.300. The number of carbonyl (C=O) groups excluding carboxylic acids is 2. The number of ketones is 1. The van der Waals surface area contributed by atoms with Crippen molar-refractivity contribution in [3.63, 3.8) is 0 Å². The number of fused-ring (bicyclic) bond motifs is 1. The summed E-state index contributed by atoms with van der Waals surface area (Å²) in [5, 5.41) is 11.4. The Labute approximate surface area is 230 Å². The molecule has 39 heavy (non-hydrogen) atoms. The minimum Gasteiger partial charge on any atom is -0.503 e. The van der Waals surface area contributed by atoms with Gasteiger partial charge in [-0.1, -0.05) is 37.3 Å². The minimum atomic E-state index is -0.934. The molecule has 2 aromatic heterocycles. The topological polar surface area (TPSA) is 102 Å². The number of aryl methyl sites for hydroxylation is 1. The Bertz CT molecular complexity index is 1570. The third-order valence-corrected chi connectivity index (χ3v) is 7.44. The van der Waals surface area contributed by atoms with Crippen molar-refractivity contribution in [3.05, 3.63) is 83.0 Å². The number of anilines is 1. The van der Waals surface area contributed by atoms with Crippen LogP contribution in [0, 0.1) is 12.8 Å². The number of rotatable bonds is 10. The van der Waals surface area contributed by atoms with Gasteiger partial charge in [-0.15, -0.1) is 0 Å². The zero-order chi connectivity index (χ0) is 27.7. The average Bonchev–Trinajstić information content (AvgIpc) is 3.59. The van der Waals surface area contributed by atoms with Crippen LogP contribution < -0.4 is 14.4 Å². The summed E-state index contributed by atoms with van der Waals surface area (Å²) in [4.78, 5) is 33.3. The first-order valence-electron chi connectivity index (χ1n) is 12.9. The molecule has 0 saturated heterocycles. The molecule has 9 heteroatoms. The summed E-state index contributed by atoms with van der Waals surface area (Å²) in [5.41, 5.74) is 1.22. The van der Waals surface area contributed by atoms with Crippen molar-refractivity contribution >= 4 is 38.4 Å². The van der Waals surface area contributed by atoms with Crippen molar-refractivity contribution in [2.24, 2.45) is 5.92 Å². The molecule has 0 radical (unpaired) electrons. The number of hydrogen-bond acceptors (Lipinski definition) is 8. The molecule has 2 aromatic carbocycles. The van der Waals surface area contributed by atoms with Crippen LogP contribution in [0.5, 0.6) is 11.5 Å². The van der Waals surface area contributed by atoms with Crippen LogP contribution in [0.1, 0.15) is 55.1 Å². The van der Waals surface area contributed by atoms with Gasteiger partial charge < -0.3 is 19.0 Å². The lowest BCUT2D eigenvalue weighted by atomic mass is 9.95. The van der Waals surface area contributed by atoms with Crippen LogP contribution >= 0.6 is 11.3 Å². The highest BCUT2D eigenvalue weighted by Crippen LogP contribution is 2.45. The number of benzene rings is 2. The van der Waals surface area contributed by atoms with E-state index >= 15 is 0 Å². The molecule has 4 aromatic rings. The molecule has 1 N–H and O–H groups in total. The fourth-order valence-corrected chi connectivity index (χ4v) is 5.50. The summed E-state index contributed by atoms with van der Waals surface area (Å²) in [6.07, 6.45) is 0.885. The normalized spacial score (nSPS) is 15.6. The largest absolute Gasteiger partial charge is 0.503 e. The van der Waals surface area contributed by atoms with Crippen LogP contribution in [0.2, 0.25) is 0 Å². The average molecular weight is 547 g/mol. The monoisotopic (exact) mass is 546 g/mol. The summed E-state index contributed by atoms with van der Waals surface area (Å²) < 4.78 is 18.0. The molecule has 202 valence electrons. The molecule has 3 heterocycles. The number of carbonyl (C=O) groups is 2. The fourth-order valence-electron chi connectivity index (χ4n) is 4.48. The van der Waals surface area contributed by atoms with E-state index in [1.165, 1.54) is 16.2 Å². The lowest BCUT2D eigenvalue weighted by molar-refractivity contribution is -0.117. The molecule has 1 aliphatic rings. The molecule has 0 aliphatic carbocycles. The molecule has 0 fully saturated rings. The van der Waals surface area contributed by atoms with Gasteiger partial charge in [-0.3, -0.25) is 14.5 Å². The number of aromatic nitrogens is 1. The highest BCUT2D eigenvalue weighted by molar-refractivity contribution is 7.22. The van der Waals surface area contributed by atoms with Gasteiger partial charge in [0.25, 0.3) is 5.91 Å². The summed E-state index contributed by atoms with van der Waals surface area (Å²) in [6, 6.07) is 15.0. The van der Waals surface area contributed by atoms with E-state index < -0.39 is 23.5 Å². The first-order valence-corrected chi connectivity index (χ1v) is 13.7. The minimum absolute atomic E-state index is 0.0451. The third kappa shape index (κ3) is 5.27. The van der Waals surface area contributed by atoms with Gasteiger partial charge >= 0.3 is 0 Å². The van der Waals surface area contributed by atoms with Crippen LogP contribution in [0.25, 0.3) is 10.2 Å². The van der Waals surface area contributed by atoms with E-state index in [2.05, 4.69) is 18.8 Å². The molecular formula is C30H30N2O6S. The first kappa shape index (κ1) is 26.5. The highest BCUT2D eigenvalue weighted by atomic mass is 32.1. The van der Waals surface area contributed by atoms with E-state index in [4.69, 9.17) is 13.9 Å². The zero-order valence-electron chi connectivity index (χ0n) is 22.3. The molecule has 8 nitrogen and oxygen atoms in total. The molecule has 0 spiro atoms. The Morgan fingerprint density at radius 3 is 2.64 bits per heavy atom. The molecule has 0 saturated carbocycles. The smallest absolute Gasteiger partial charge is 0.296 e. The van der Waals surface area contributed by atoms with Gasteiger partial charge in [0, 0.05) is 0 Å². The van der Waals surface area contributed by atoms with Gasteiger partial charge in [-0.2, -0.15) is 0 Å². The summed E-state index contributed by atoms with van der Waals surface area (Å²) >= 11 is 1.28. The molecule has 1 atom stereocenters. The number of thiazole rings is 1. The van der Waals surface area contributed by atoms with Gasteiger partial charge in [0.2, 0.25) is 5.78 Å². The van der Waals surface area contributed by atoms with Crippen LogP contribution in [0.4, 0.5) is 5.13 Å². The first-order chi connectivity index (χ1) is 18.8. The predicted octanol–water partition coefficient (Wildman–Crippen LogP) is 6.80. The van der Waals surface area contributed by atoms with Crippen molar-refractivity contribution in [2.45, 2.75) is 40.2 Å². The molecule has 1 unspecified atom stereocenters. The standard InChI is InChI=1S/C30H30N2O6S/c1-5-36-21-10-11-22-24(16-21)39-30(31-22)32-26(19-7-6-8-20(15-19)37-14-13-17(2)3)25(28(34)29(32)35)27(33)23-12-9-18(4)38-23/h6-12,15-17,26,34H,5,13-14H2,1-4H3. The van der Waals surface area contributed by atoms with Gasteiger partial charge in [0.05, 0.1) is 35.0 Å². The van der Waals surface area contributed by atoms with Crippen LogP contribution in [-0.4, -0.2) is 35.0 Å². The summed E-state index contributed by atoms with van der Waals surface area (Å²) in [5.74, 6) is 0.489. The Hall–Kier alpha value is -4.11. The molecular weight excluding hydrogens is 516 g/mol. The number of Topliss-reactive ketones (excluding diaryl/α,β-unsaturated/α-hetero) is 1. The van der Waals surface area contributed by atoms with Gasteiger partial charge in [-0.05, 0) is 74.2 Å². The second kappa shape index (κ2) is 10.9. The Kier molecular flexibility index (Phi) is 7.43. The lowest BCUT2D eigenvalue weighted by Crippen LogP contribution is -2.31. The quantitative estimate of drug-likeness (QED) is 0.218. The summed E-state index contributed by atoms with van der Waals surface area (Å²) in [6.45, 7) is 8.94. The van der Waals surface area contributed by atoms with Gasteiger partial charge in [0.15, 0.2) is 16.7 Å². The Morgan fingerprint density at radius 1 is 1.13 bits per heavy atom. The number of nitrogens with zero attached hydrogens (tertiary/aromatic N) is 2. The second-order valence-electron chi connectivity index (χ2n) is 9.74. The molecule has 5 rings (SSSR count). The number of furan rings is 1. The van der Waals surface area contributed by atoms with E-state index in [9.17, 15) is 14.7 Å². The molecule has 1 amide bonds.